The summed E-state index contributed by atoms with van der Waals surface area (Å²) in [6.45, 7) is 2.30. The van der Waals surface area contributed by atoms with Gasteiger partial charge in [0.2, 0.25) is 5.91 Å². The summed E-state index contributed by atoms with van der Waals surface area (Å²) in [5, 5.41) is 3.17. The first kappa shape index (κ1) is 16.8. The summed E-state index contributed by atoms with van der Waals surface area (Å²) in [5.74, 6) is 0.934. The molecule has 0 radical (unpaired) electrons. The van der Waals surface area contributed by atoms with Crippen LogP contribution in [-0.2, 0) is 11.2 Å². The lowest BCUT2D eigenvalue weighted by Gasteiger charge is -2.16. The van der Waals surface area contributed by atoms with Gasteiger partial charge in [-0.2, -0.15) is 0 Å². The third kappa shape index (κ3) is 5.41. The normalized spacial score (nSPS) is 22.4. The van der Waals surface area contributed by atoms with E-state index in [1.165, 1.54) is 19.3 Å². The molecule has 1 fully saturated rings. The second kappa shape index (κ2) is 8.15. The van der Waals surface area contributed by atoms with E-state index in [-0.39, 0.29) is 18.3 Å². The fraction of sp³-hybridized carbons (Fsp3) is 0.562. The summed E-state index contributed by atoms with van der Waals surface area (Å²) in [4.78, 5) is 12.0. The van der Waals surface area contributed by atoms with Gasteiger partial charge in [-0.25, -0.2) is 0 Å². The van der Waals surface area contributed by atoms with Crippen molar-refractivity contribution in [2.24, 2.45) is 5.92 Å². The third-order valence-electron chi connectivity index (χ3n) is 3.97. The van der Waals surface area contributed by atoms with E-state index in [9.17, 15) is 4.79 Å². The van der Waals surface area contributed by atoms with E-state index < -0.39 is 0 Å². The highest BCUT2D eigenvalue weighted by Crippen LogP contribution is 2.22. The van der Waals surface area contributed by atoms with Crippen LogP contribution in [0.4, 0.5) is 5.69 Å². The van der Waals surface area contributed by atoms with Crippen molar-refractivity contribution in [2.45, 2.75) is 51.5 Å². The van der Waals surface area contributed by atoms with Gasteiger partial charge in [0, 0.05) is 11.7 Å². The zero-order valence-corrected chi connectivity index (χ0v) is 12.9. The highest BCUT2D eigenvalue weighted by Gasteiger charge is 2.17. The molecule has 0 spiro atoms. The van der Waals surface area contributed by atoms with Crippen LogP contribution in [0.1, 0.15) is 44.6 Å². The van der Waals surface area contributed by atoms with E-state index in [0.29, 0.717) is 12.5 Å². The lowest BCUT2D eigenvalue weighted by molar-refractivity contribution is -0.121. The molecule has 2 rings (SSSR count). The van der Waals surface area contributed by atoms with E-state index >= 15 is 0 Å². The molecule has 4 heteroatoms. The maximum atomic E-state index is 12.0. The standard InChI is InChI=1S/C16H24N2O.ClH/c1-12-3-2-4-15(10-5-12)18-16(19)11-13-6-8-14(17)9-7-13;/h6-9,12,15H,2-5,10-11,17H2,1H3,(H,18,19);1H. The summed E-state index contributed by atoms with van der Waals surface area (Å²) < 4.78 is 0. The fourth-order valence-electron chi connectivity index (χ4n) is 2.73. The Kier molecular flexibility index (Phi) is 6.86. The Balaban J connectivity index is 0.00000200. The highest BCUT2D eigenvalue weighted by molar-refractivity contribution is 5.85. The minimum absolute atomic E-state index is 0. The van der Waals surface area contributed by atoms with Gasteiger partial charge in [0.1, 0.15) is 0 Å². The van der Waals surface area contributed by atoms with Crippen LogP contribution in [0, 0.1) is 5.92 Å². The number of nitrogens with one attached hydrogen (secondary N) is 1. The van der Waals surface area contributed by atoms with E-state index in [1.807, 2.05) is 24.3 Å². The number of amides is 1. The van der Waals surface area contributed by atoms with Crippen LogP contribution < -0.4 is 11.1 Å². The first-order valence-electron chi connectivity index (χ1n) is 7.27. The number of rotatable bonds is 3. The van der Waals surface area contributed by atoms with Crippen molar-refractivity contribution in [2.75, 3.05) is 5.73 Å². The first-order chi connectivity index (χ1) is 9.13. The van der Waals surface area contributed by atoms with Crippen molar-refractivity contribution < 1.29 is 4.79 Å². The molecule has 0 aromatic heterocycles. The Morgan fingerprint density at radius 3 is 2.60 bits per heavy atom. The van der Waals surface area contributed by atoms with E-state index in [2.05, 4.69) is 12.2 Å². The van der Waals surface area contributed by atoms with Crippen LogP contribution in [0.25, 0.3) is 0 Å². The van der Waals surface area contributed by atoms with Crippen molar-refractivity contribution in [1.29, 1.82) is 0 Å². The lowest BCUT2D eigenvalue weighted by Crippen LogP contribution is -2.35. The Labute approximate surface area is 127 Å². The molecule has 1 aromatic rings. The molecule has 2 atom stereocenters. The molecule has 20 heavy (non-hydrogen) atoms. The molecule has 3 N–H and O–H groups in total. The average molecular weight is 297 g/mol. The minimum Gasteiger partial charge on any atom is -0.399 e. The zero-order chi connectivity index (χ0) is 13.7. The third-order valence-corrected chi connectivity index (χ3v) is 3.97. The summed E-state index contributed by atoms with van der Waals surface area (Å²) in [7, 11) is 0. The van der Waals surface area contributed by atoms with Crippen LogP contribution in [0.2, 0.25) is 0 Å². The second-order valence-corrected chi connectivity index (χ2v) is 5.80. The molecule has 1 aromatic carbocycles. The second-order valence-electron chi connectivity index (χ2n) is 5.80. The molecule has 112 valence electrons. The van der Waals surface area contributed by atoms with Crippen molar-refractivity contribution in [3.05, 3.63) is 29.8 Å². The number of carbonyl (C=O) groups excluding carboxylic acids is 1. The summed E-state index contributed by atoms with van der Waals surface area (Å²) in [6, 6.07) is 7.89. The number of hydrogen-bond donors (Lipinski definition) is 2. The fourth-order valence-corrected chi connectivity index (χ4v) is 2.73. The Morgan fingerprint density at radius 1 is 1.20 bits per heavy atom. The number of benzene rings is 1. The van der Waals surface area contributed by atoms with Crippen molar-refractivity contribution in [3.63, 3.8) is 0 Å². The molecule has 1 aliphatic rings. The lowest BCUT2D eigenvalue weighted by atomic mass is 10.0. The number of anilines is 1. The van der Waals surface area contributed by atoms with E-state index in [1.54, 1.807) is 0 Å². The Bertz CT molecular complexity index is 419. The largest absolute Gasteiger partial charge is 0.399 e. The van der Waals surface area contributed by atoms with Gasteiger partial charge in [-0.1, -0.05) is 31.9 Å². The molecular formula is C16H25ClN2O. The maximum absolute atomic E-state index is 12.0. The van der Waals surface area contributed by atoms with Gasteiger partial charge in [-0.05, 0) is 42.9 Å². The molecule has 2 unspecified atom stereocenters. The van der Waals surface area contributed by atoms with Crippen LogP contribution in [0.15, 0.2) is 24.3 Å². The number of nitrogens with two attached hydrogens (primary N) is 1. The Hall–Kier alpha value is -1.22. The van der Waals surface area contributed by atoms with E-state index in [4.69, 9.17) is 5.73 Å². The molecule has 0 saturated heterocycles. The van der Waals surface area contributed by atoms with Gasteiger partial charge in [0.15, 0.2) is 0 Å². The summed E-state index contributed by atoms with van der Waals surface area (Å²) in [5.41, 5.74) is 7.40. The molecule has 0 bridgehead atoms. The predicted molar refractivity (Wildman–Crippen MR) is 86.0 cm³/mol. The Morgan fingerprint density at radius 2 is 1.90 bits per heavy atom. The van der Waals surface area contributed by atoms with Gasteiger partial charge in [0.25, 0.3) is 0 Å². The van der Waals surface area contributed by atoms with Crippen LogP contribution in [0.3, 0.4) is 0 Å². The molecule has 3 nitrogen and oxygen atoms in total. The number of halogens is 1. The quantitative estimate of drug-likeness (QED) is 0.664. The topological polar surface area (TPSA) is 55.1 Å². The zero-order valence-electron chi connectivity index (χ0n) is 12.1. The van der Waals surface area contributed by atoms with Gasteiger partial charge in [-0.15, -0.1) is 12.4 Å². The minimum atomic E-state index is 0. The van der Waals surface area contributed by atoms with Gasteiger partial charge < -0.3 is 11.1 Å². The van der Waals surface area contributed by atoms with Crippen LogP contribution in [0.5, 0.6) is 0 Å². The van der Waals surface area contributed by atoms with Gasteiger partial charge in [-0.3, -0.25) is 4.79 Å². The van der Waals surface area contributed by atoms with Gasteiger partial charge >= 0.3 is 0 Å². The first-order valence-corrected chi connectivity index (χ1v) is 7.27. The smallest absolute Gasteiger partial charge is 0.224 e. The summed E-state index contributed by atoms with van der Waals surface area (Å²) >= 11 is 0. The molecule has 1 amide bonds. The molecule has 1 saturated carbocycles. The highest BCUT2D eigenvalue weighted by atomic mass is 35.5. The number of nitrogen functional groups attached to an aromatic ring is 1. The maximum Gasteiger partial charge on any atom is 0.224 e. The van der Waals surface area contributed by atoms with Crippen molar-refractivity contribution in [1.82, 2.24) is 5.32 Å². The van der Waals surface area contributed by atoms with Crippen LogP contribution in [-0.4, -0.2) is 11.9 Å². The number of hydrogen-bond acceptors (Lipinski definition) is 2. The van der Waals surface area contributed by atoms with E-state index in [0.717, 1.165) is 30.0 Å². The van der Waals surface area contributed by atoms with Gasteiger partial charge in [0.05, 0.1) is 6.42 Å². The van der Waals surface area contributed by atoms with Crippen molar-refractivity contribution in [3.8, 4) is 0 Å². The van der Waals surface area contributed by atoms with Crippen LogP contribution >= 0.6 is 12.4 Å². The molecule has 1 aliphatic carbocycles. The average Bonchev–Trinajstić information content (AvgIpc) is 2.57. The SMILES string of the molecule is CC1CCCC(NC(=O)Cc2ccc(N)cc2)CC1.Cl. The summed E-state index contributed by atoms with van der Waals surface area (Å²) in [6.07, 6.45) is 6.45. The predicted octanol–water partition coefficient (Wildman–Crippen LogP) is 3.32. The monoisotopic (exact) mass is 296 g/mol. The molecule has 0 aliphatic heterocycles. The molecular weight excluding hydrogens is 272 g/mol. The molecule has 0 heterocycles. The van der Waals surface area contributed by atoms with Crippen molar-refractivity contribution >= 4 is 24.0 Å². The number of carbonyl (C=O) groups is 1.